The van der Waals surface area contributed by atoms with Gasteiger partial charge in [0.25, 0.3) is 5.91 Å². The number of nitrogens with one attached hydrogen (secondary N) is 1. The minimum atomic E-state index is -0.756. The Hall–Kier alpha value is -2.44. The molecule has 7 nitrogen and oxygen atoms in total. The average Bonchev–Trinajstić information content (AvgIpc) is 2.65. The molecule has 0 bridgehead atoms. The van der Waals surface area contributed by atoms with E-state index in [0.29, 0.717) is 68.3 Å². The molecule has 0 saturated heterocycles. The predicted molar refractivity (Wildman–Crippen MR) is 101 cm³/mol. The summed E-state index contributed by atoms with van der Waals surface area (Å²) in [6.45, 7) is 6.94. The van der Waals surface area contributed by atoms with Crippen LogP contribution < -0.4 is 19.5 Å². The Bertz CT molecular complexity index is 625. The molecule has 1 aliphatic carbocycles. The Labute approximate surface area is 160 Å². The molecule has 1 saturated carbocycles. The number of carboxylic acid groups (broad SMARTS) is 1. The van der Waals surface area contributed by atoms with E-state index in [2.05, 4.69) is 5.32 Å². The maximum absolute atomic E-state index is 12.7. The van der Waals surface area contributed by atoms with Gasteiger partial charge in [-0.05, 0) is 58.6 Å². The van der Waals surface area contributed by atoms with E-state index in [1.807, 2.05) is 20.8 Å². The molecule has 0 radical (unpaired) electrons. The van der Waals surface area contributed by atoms with E-state index in [0.717, 1.165) is 0 Å². The summed E-state index contributed by atoms with van der Waals surface area (Å²) in [6.07, 6.45) is 2.49. The van der Waals surface area contributed by atoms with Gasteiger partial charge in [-0.3, -0.25) is 9.59 Å². The van der Waals surface area contributed by atoms with Crippen LogP contribution >= 0.6 is 0 Å². The highest BCUT2D eigenvalue weighted by Crippen LogP contribution is 2.39. The third kappa shape index (κ3) is 5.52. The first-order valence-corrected chi connectivity index (χ1v) is 9.60. The Morgan fingerprint density at radius 1 is 0.963 bits per heavy atom. The van der Waals surface area contributed by atoms with Crippen LogP contribution in [0.2, 0.25) is 0 Å². The summed E-state index contributed by atoms with van der Waals surface area (Å²) in [5.41, 5.74) is 0.436. The molecular weight excluding hydrogens is 350 g/mol. The van der Waals surface area contributed by atoms with Crippen molar-refractivity contribution >= 4 is 11.9 Å². The van der Waals surface area contributed by atoms with Gasteiger partial charge in [-0.2, -0.15) is 0 Å². The number of hydrogen-bond acceptors (Lipinski definition) is 5. The minimum Gasteiger partial charge on any atom is -0.490 e. The maximum atomic E-state index is 12.7. The number of carbonyl (C=O) groups is 2. The van der Waals surface area contributed by atoms with Crippen LogP contribution in [-0.4, -0.2) is 42.8 Å². The maximum Gasteiger partial charge on any atom is 0.306 e. The summed E-state index contributed by atoms with van der Waals surface area (Å²) in [4.78, 5) is 23.8. The zero-order valence-corrected chi connectivity index (χ0v) is 16.2. The van der Waals surface area contributed by atoms with E-state index in [1.54, 1.807) is 12.1 Å². The molecule has 150 valence electrons. The summed E-state index contributed by atoms with van der Waals surface area (Å²) in [5.74, 6) is 0.167. The van der Waals surface area contributed by atoms with Crippen LogP contribution in [0.4, 0.5) is 0 Å². The molecule has 27 heavy (non-hydrogen) atoms. The molecule has 0 aromatic heterocycles. The van der Waals surface area contributed by atoms with Gasteiger partial charge < -0.3 is 24.6 Å². The predicted octanol–water partition coefficient (Wildman–Crippen LogP) is 3.26. The second-order valence-electron chi connectivity index (χ2n) is 6.46. The lowest BCUT2D eigenvalue weighted by atomic mass is 9.86. The second-order valence-corrected chi connectivity index (χ2v) is 6.46. The van der Waals surface area contributed by atoms with E-state index in [9.17, 15) is 9.59 Å². The number of amides is 1. The van der Waals surface area contributed by atoms with Gasteiger partial charge in [-0.15, -0.1) is 0 Å². The quantitative estimate of drug-likeness (QED) is 0.684. The molecule has 7 heteroatoms. The molecule has 0 spiro atoms. The van der Waals surface area contributed by atoms with Crippen molar-refractivity contribution in [2.24, 2.45) is 5.92 Å². The van der Waals surface area contributed by atoms with Crippen LogP contribution in [0.1, 0.15) is 56.8 Å². The van der Waals surface area contributed by atoms with Crippen molar-refractivity contribution in [3.8, 4) is 17.2 Å². The zero-order valence-electron chi connectivity index (χ0n) is 16.2. The van der Waals surface area contributed by atoms with E-state index in [-0.39, 0.29) is 17.9 Å². The monoisotopic (exact) mass is 379 g/mol. The zero-order chi connectivity index (χ0) is 19.8. The summed E-state index contributed by atoms with van der Waals surface area (Å²) in [6, 6.07) is 3.30. The van der Waals surface area contributed by atoms with E-state index in [1.165, 1.54) is 0 Å². The minimum absolute atomic E-state index is 0.0224. The van der Waals surface area contributed by atoms with Crippen molar-refractivity contribution < 1.29 is 28.9 Å². The fraction of sp³-hybridized carbons (Fsp3) is 0.600. The fourth-order valence-corrected chi connectivity index (χ4v) is 3.27. The Morgan fingerprint density at radius 3 is 1.93 bits per heavy atom. The van der Waals surface area contributed by atoms with Crippen LogP contribution in [0, 0.1) is 5.92 Å². The first kappa shape index (κ1) is 20.9. The summed E-state index contributed by atoms with van der Waals surface area (Å²) >= 11 is 0. The molecule has 0 unspecified atom stereocenters. The normalized spacial score (nSPS) is 19.2. The van der Waals surface area contributed by atoms with E-state index in [4.69, 9.17) is 19.3 Å². The molecule has 1 aliphatic rings. The summed E-state index contributed by atoms with van der Waals surface area (Å²) in [5, 5.41) is 12.1. The highest BCUT2D eigenvalue weighted by atomic mass is 16.5. The highest BCUT2D eigenvalue weighted by molar-refractivity contribution is 5.95. The van der Waals surface area contributed by atoms with Crippen LogP contribution in [0.3, 0.4) is 0 Å². The first-order valence-electron chi connectivity index (χ1n) is 9.60. The molecule has 1 aromatic rings. The third-order valence-electron chi connectivity index (χ3n) is 4.58. The Balaban J connectivity index is 2.16. The van der Waals surface area contributed by atoms with Gasteiger partial charge >= 0.3 is 5.97 Å². The Morgan fingerprint density at radius 2 is 1.48 bits per heavy atom. The molecule has 1 aromatic carbocycles. The van der Waals surface area contributed by atoms with Gasteiger partial charge in [-0.25, -0.2) is 0 Å². The van der Waals surface area contributed by atoms with Crippen LogP contribution in [0.15, 0.2) is 12.1 Å². The number of carboxylic acids is 1. The van der Waals surface area contributed by atoms with Gasteiger partial charge in [-0.1, -0.05) is 0 Å². The van der Waals surface area contributed by atoms with E-state index < -0.39 is 5.97 Å². The number of aliphatic carboxylic acids is 1. The standard InChI is InChI=1S/C20H29NO6/c1-4-25-16-11-14(12-17(26-5-2)18(16)27-6-3)19(22)21-15-9-7-13(8-10-15)20(23)24/h11-13,15H,4-10H2,1-3H3,(H,21,22)(H,23,24). The summed E-state index contributed by atoms with van der Waals surface area (Å²) in [7, 11) is 0. The van der Waals surface area contributed by atoms with Gasteiger partial charge in [0.15, 0.2) is 11.5 Å². The van der Waals surface area contributed by atoms with Gasteiger partial charge in [0.2, 0.25) is 5.75 Å². The second kappa shape index (κ2) is 10.0. The Kier molecular flexibility index (Phi) is 7.76. The smallest absolute Gasteiger partial charge is 0.306 e. The largest absolute Gasteiger partial charge is 0.490 e. The topological polar surface area (TPSA) is 94.1 Å². The van der Waals surface area contributed by atoms with Crippen molar-refractivity contribution in [3.63, 3.8) is 0 Å². The van der Waals surface area contributed by atoms with Crippen molar-refractivity contribution in [2.45, 2.75) is 52.5 Å². The van der Waals surface area contributed by atoms with Gasteiger partial charge in [0.05, 0.1) is 25.7 Å². The molecule has 0 heterocycles. The molecule has 2 rings (SSSR count). The van der Waals surface area contributed by atoms with Crippen molar-refractivity contribution in [1.82, 2.24) is 5.32 Å². The molecular formula is C20H29NO6. The van der Waals surface area contributed by atoms with Crippen molar-refractivity contribution in [3.05, 3.63) is 17.7 Å². The number of benzene rings is 1. The molecule has 1 amide bonds. The van der Waals surface area contributed by atoms with Crippen LogP contribution in [0.5, 0.6) is 17.2 Å². The SMILES string of the molecule is CCOc1cc(C(=O)NC2CCC(C(=O)O)CC2)cc(OCC)c1OCC. The van der Waals surface area contributed by atoms with Gasteiger partial charge in [0, 0.05) is 11.6 Å². The molecule has 0 atom stereocenters. The number of carbonyl (C=O) groups excluding carboxylic acids is 1. The number of ether oxygens (including phenoxy) is 3. The summed E-state index contributed by atoms with van der Waals surface area (Å²) < 4.78 is 16.9. The molecule has 0 aliphatic heterocycles. The average molecular weight is 379 g/mol. The van der Waals surface area contributed by atoms with Crippen molar-refractivity contribution in [2.75, 3.05) is 19.8 Å². The fourth-order valence-electron chi connectivity index (χ4n) is 3.27. The lowest BCUT2D eigenvalue weighted by Gasteiger charge is -2.27. The van der Waals surface area contributed by atoms with E-state index >= 15 is 0 Å². The lowest BCUT2D eigenvalue weighted by molar-refractivity contribution is -0.142. The third-order valence-corrected chi connectivity index (χ3v) is 4.58. The molecule has 2 N–H and O–H groups in total. The van der Waals surface area contributed by atoms with Crippen molar-refractivity contribution in [1.29, 1.82) is 0 Å². The highest BCUT2D eigenvalue weighted by Gasteiger charge is 2.27. The number of hydrogen-bond donors (Lipinski definition) is 2. The molecule has 1 fully saturated rings. The van der Waals surface area contributed by atoms with Crippen LogP contribution in [0.25, 0.3) is 0 Å². The van der Waals surface area contributed by atoms with Gasteiger partial charge in [0.1, 0.15) is 0 Å². The first-order chi connectivity index (χ1) is 13.0. The number of rotatable bonds is 9. The van der Waals surface area contributed by atoms with Crippen LogP contribution in [-0.2, 0) is 4.79 Å². The lowest BCUT2D eigenvalue weighted by Crippen LogP contribution is -2.38.